The molecule has 4 nitrogen and oxygen atoms in total. The lowest BCUT2D eigenvalue weighted by molar-refractivity contribution is -0.179. The van der Waals surface area contributed by atoms with Crippen LogP contribution in [0.1, 0.15) is 10.7 Å². The quantitative estimate of drug-likeness (QED) is 0.816. The van der Waals surface area contributed by atoms with E-state index in [0.29, 0.717) is 19.6 Å². The molecule has 0 spiro atoms. The van der Waals surface area contributed by atoms with E-state index in [2.05, 4.69) is 4.98 Å². The molecule has 0 saturated carbocycles. The maximum absolute atomic E-state index is 11.0. The third kappa shape index (κ3) is 1.53. The molecule has 0 aromatic carbocycles. The van der Waals surface area contributed by atoms with Crippen molar-refractivity contribution in [2.24, 2.45) is 5.41 Å². The van der Waals surface area contributed by atoms with Gasteiger partial charge in [-0.15, -0.1) is 11.3 Å². The summed E-state index contributed by atoms with van der Waals surface area (Å²) in [6.45, 7) is 2.52. The van der Waals surface area contributed by atoms with Gasteiger partial charge in [-0.25, -0.2) is 4.98 Å². The van der Waals surface area contributed by atoms with Gasteiger partial charge in [-0.2, -0.15) is 0 Å². The van der Waals surface area contributed by atoms with Crippen LogP contribution >= 0.6 is 11.3 Å². The number of aliphatic carboxylic acids is 1. The first-order valence-electron chi connectivity index (χ1n) is 4.35. The first-order chi connectivity index (χ1) is 6.62. The Hall–Kier alpha value is -0.940. The Kier molecular flexibility index (Phi) is 2.28. The largest absolute Gasteiger partial charge is 0.481 e. The average Bonchev–Trinajstić information content (AvgIpc) is 2.43. The summed E-state index contributed by atoms with van der Waals surface area (Å²) >= 11 is 1.51. The van der Waals surface area contributed by atoms with E-state index >= 15 is 0 Å². The molecule has 1 N–H and O–H groups in total. The van der Waals surface area contributed by atoms with Gasteiger partial charge in [0.2, 0.25) is 0 Å². The highest BCUT2D eigenvalue weighted by Crippen LogP contribution is 2.32. The maximum atomic E-state index is 11.0. The van der Waals surface area contributed by atoms with Crippen LogP contribution in [0, 0.1) is 12.3 Å². The minimum absolute atomic E-state index is 0.307. The lowest BCUT2D eigenvalue weighted by Crippen LogP contribution is -2.50. The molecule has 76 valence electrons. The zero-order valence-electron chi connectivity index (χ0n) is 7.82. The number of carbonyl (C=O) groups is 1. The molecule has 0 radical (unpaired) electrons. The number of thiazole rings is 1. The van der Waals surface area contributed by atoms with Crippen LogP contribution in [0.3, 0.4) is 0 Å². The SMILES string of the molecule is Cc1csc(CC2(C(=O)O)COC2)n1. The van der Waals surface area contributed by atoms with Crippen LogP contribution in [0.15, 0.2) is 5.38 Å². The second-order valence-corrected chi connectivity index (χ2v) is 4.58. The fourth-order valence-electron chi connectivity index (χ4n) is 1.42. The van der Waals surface area contributed by atoms with Crippen molar-refractivity contribution >= 4 is 17.3 Å². The first-order valence-corrected chi connectivity index (χ1v) is 5.22. The van der Waals surface area contributed by atoms with E-state index < -0.39 is 11.4 Å². The van der Waals surface area contributed by atoms with Crippen molar-refractivity contribution in [2.45, 2.75) is 13.3 Å². The highest BCUT2D eigenvalue weighted by Gasteiger charge is 2.46. The molecular formula is C9H11NO3S. The third-order valence-electron chi connectivity index (χ3n) is 2.37. The number of hydrogen-bond donors (Lipinski definition) is 1. The van der Waals surface area contributed by atoms with Gasteiger partial charge in [0.25, 0.3) is 0 Å². The van der Waals surface area contributed by atoms with Gasteiger partial charge in [0, 0.05) is 17.5 Å². The second kappa shape index (κ2) is 3.33. The van der Waals surface area contributed by atoms with Crippen LogP contribution in [0.4, 0.5) is 0 Å². The molecule has 0 bridgehead atoms. The molecule has 1 aliphatic rings. The molecule has 14 heavy (non-hydrogen) atoms. The van der Waals surface area contributed by atoms with Gasteiger partial charge in [-0.05, 0) is 6.92 Å². The summed E-state index contributed by atoms with van der Waals surface area (Å²) < 4.78 is 4.97. The summed E-state index contributed by atoms with van der Waals surface area (Å²) in [6, 6.07) is 0. The van der Waals surface area contributed by atoms with Gasteiger partial charge < -0.3 is 9.84 Å². The van der Waals surface area contributed by atoms with Crippen LogP contribution in [-0.4, -0.2) is 29.3 Å². The number of ether oxygens (including phenoxy) is 1. The van der Waals surface area contributed by atoms with Gasteiger partial charge in [0.05, 0.1) is 18.2 Å². The Bertz CT molecular complexity index is 357. The normalized spacial score (nSPS) is 18.9. The average molecular weight is 213 g/mol. The van der Waals surface area contributed by atoms with Gasteiger partial charge in [0.15, 0.2) is 0 Å². The number of aryl methyl sites for hydroxylation is 1. The number of carboxylic acid groups (broad SMARTS) is 1. The maximum Gasteiger partial charge on any atom is 0.314 e. The number of aromatic nitrogens is 1. The van der Waals surface area contributed by atoms with E-state index in [4.69, 9.17) is 9.84 Å². The predicted octanol–water partition coefficient (Wildman–Crippen LogP) is 1.10. The molecule has 1 aromatic rings. The summed E-state index contributed by atoms with van der Waals surface area (Å²) in [4.78, 5) is 15.3. The van der Waals surface area contributed by atoms with Crippen LogP contribution in [-0.2, 0) is 16.0 Å². The zero-order chi connectivity index (χ0) is 10.2. The minimum atomic E-state index is -0.781. The fourth-order valence-corrected chi connectivity index (χ4v) is 2.34. The highest BCUT2D eigenvalue weighted by molar-refractivity contribution is 7.09. The Morgan fingerprint density at radius 2 is 2.50 bits per heavy atom. The zero-order valence-corrected chi connectivity index (χ0v) is 8.63. The predicted molar refractivity (Wildman–Crippen MR) is 51.4 cm³/mol. The molecule has 0 amide bonds. The first kappa shape index (κ1) is 9.61. The number of rotatable bonds is 3. The van der Waals surface area contributed by atoms with E-state index in [1.165, 1.54) is 11.3 Å². The van der Waals surface area contributed by atoms with Gasteiger partial charge >= 0.3 is 5.97 Å². The highest BCUT2D eigenvalue weighted by atomic mass is 32.1. The number of nitrogens with zero attached hydrogens (tertiary/aromatic N) is 1. The van der Waals surface area contributed by atoms with Gasteiger partial charge in [0.1, 0.15) is 5.41 Å². The van der Waals surface area contributed by atoms with Gasteiger partial charge in [-0.1, -0.05) is 0 Å². The summed E-state index contributed by atoms with van der Waals surface area (Å²) in [5.41, 5.74) is 0.232. The molecule has 1 fully saturated rings. The van der Waals surface area contributed by atoms with E-state index in [1.54, 1.807) is 0 Å². The summed E-state index contributed by atoms with van der Waals surface area (Å²) in [6.07, 6.45) is 0.487. The Labute approximate surface area is 85.5 Å². The summed E-state index contributed by atoms with van der Waals surface area (Å²) in [7, 11) is 0. The molecule has 0 atom stereocenters. The van der Waals surface area contributed by atoms with Crippen molar-refractivity contribution in [1.82, 2.24) is 4.98 Å². The van der Waals surface area contributed by atoms with Crippen molar-refractivity contribution in [3.05, 3.63) is 16.1 Å². The topological polar surface area (TPSA) is 59.4 Å². The molecular weight excluding hydrogens is 202 g/mol. The second-order valence-electron chi connectivity index (χ2n) is 3.64. The molecule has 1 aromatic heterocycles. The fraction of sp³-hybridized carbons (Fsp3) is 0.556. The molecule has 1 saturated heterocycles. The van der Waals surface area contributed by atoms with Crippen LogP contribution in [0.5, 0.6) is 0 Å². The lowest BCUT2D eigenvalue weighted by atomic mass is 9.83. The summed E-state index contributed by atoms with van der Waals surface area (Å²) in [5.74, 6) is -0.781. The van der Waals surface area contributed by atoms with E-state index in [-0.39, 0.29) is 0 Å². The lowest BCUT2D eigenvalue weighted by Gasteiger charge is -2.36. The van der Waals surface area contributed by atoms with Crippen molar-refractivity contribution < 1.29 is 14.6 Å². The molecule has 2 heterocycles. The van der Waals surface area contributed by atoms with Crippen molar-refractivity contribution in [3.63, 3.8) is 0 Å². The van der Waals surface area contributed by atoms with E-state index in [9.17, 15) is 4.79 Å². The molecule has 1 aliphatic heterocycles. The molecule has 2 rings (SSSR count). The van der Waals surface area contributed by atoms with Crippen molar-refractivity contribution in [3.8, 4) is 0 Å². The Balaban J connectivity index is 2.12. The Morgan fingerprint density at radius 1 is 1.79 bits per heavy atom. The van der Waals surface area contributed by atoms with Gasteiger partial charge in [-0.3, -0.25) is 4.79 Å². The van der Waals surface area contributed by atoms with Crippen LogP contribution in [0.2, 0.25) is 0 Å². The smallest absolute Gasteiger partial charge is 0.314 e. The van der Waals surface area contributed by atoms with E-state index in [0.717, 1.165) is 10.7 Å². The standard InChI is InChI=1S/C9H11NO3S/c1-6-3-14-7(10-6)2-9(8(11)12)4-13-5-9/h3H,2,4-5H2,1H3,(H,11,12). The number of carboxylic acids is 1. The van der Waals surface area contributed by atoms with Crippen LogP contribution < -0.4 is 0 Å². The number of hydrogen-bond acceptors (Lipinski definition) is 4. The molecule has 5 heteroatoms. The van der Waals surface area contributed by atoms with Crippen LogP contribution in [0.25, 0.3) is 0 Å². The third-order valence-corrected chi connectivity index (χ3v) is 3.33. The summed E-state index contributed by atoms with van der Waals surface area (Å²) in [5, 5.41) is 11.9. The minimum Gasteiger partial charge on any atom is -0.481 e. The van der Waals surface area contributed by atoms with Crippen molar-refractivity contribution in [1.29, 1.82) is 0 Å². The monoisotopic (exact) mass is 213 g/mol. The molecule has 0 aliphatic carbocycles. The molecule has 0 unspecified atom stereocenters. The van der Waals surface area contributed by atoms with E-state index in [1.807, 2.05) is 12.3 Å². The Morgan fingerprint density at radius 3 is 2.86 bits per heavy atom. The van der Waals surface area contributed by atoms with Crippen molar-refractivity contribution in [2.75, 3.05) is 13.2 Å².